The van der Waals surface area contributed by atoms with Gasteiger partial charge in [0, 0.05) is 23.4 Å². The summed E-state index contributed by atoms with van der Waals surface area (Å²) in [5, 5.41) is 6.86. The maximum atomic E-state index is 5.91. The first-order valence-electron chi connectivity index (χ1n) is 8.54. The topological polar surface area (TPSA) is 63.0 Å². The number of aromatic nitrogens is 2. The maximum Gasteiger partial charge on any atom is 0.191 e. The van der Waals surface area contributed by atoms with Gasteiger partial charge in [-0.25, -0.2) is 9.98 Å². The van der Waals surface area contributed by atoms with Crippen molar-refractivity contribution >= 4 is 51.5 Å². The Morgan fingerprint density at radius 1 is 1.40 bits per heavy atom. The molecule has 136 valence electrons. The zero-order chi connectivity index (χ0) is 16.5. The van der Waals surface area contributed by atoms with Crippen LogP contribution in [0.1, 0.15) is 31.9 Å². The highest BCUT2D eigenvalue weighted by Gasteiger charge is 2.41. The van der Waals surface area contributed by atoms with Crippen molar-refractivity contribution in [3.8, 4) is 0 Å². The molecule has 4 rings (SSSR count). The number of nitrogens with one attached hydrogen (secondary N) is 2. The number of ether oxygens (including phenoxy) is 1. The average molecular weight is 520 g/mol. The molecule has 2 aliphatic heterocycles. The van der Waals surface area contributed by atoms with E-state index in [9.17, 15) is 0 Å². The van der Waals surface area contributed by atoms with Crippen molar-refractivity contribution in [2.24, 2.45) is 4.99 Å². The first-order chi connectivity index (χ1) is 11.7. The normalized spacial score (nSPS) is 25.2. The molecule has 0 amide bonds. The molecule has 0 spiro atoms. The first kappa shape index (κ1) is 18.9. The molecular formula is C17H23BrIN5O. The third-order valence-electron chi connectivity index (χ3n) is 4.64. The molecule has 25 heavy (non-hydrogen) atoms. The molecule has 6 nitrogen and oxygen atoms in total. The van der Waals surface area contributed by atoms with Crippen LogP contribution in [0.3, 0.4) is 0 Å². The minimum Gasteiger partial charge on any atom is -0.373 e. The second kappa shape index (κ2) is 8.22. The summed E-state index contributed by atoms with van der Waals surface area (Å²) in [5.74, 6) is 0.844. The van der Waals surface area contributed by atoms with Gasteiger partial charge in [-0.05, 0) is 54.2 Å². The van der Waals surface area contributed by atoms with Gasteiger partial charge in [0.1, 0.15) is 5.65 Å². The number of hydrogen-bond acceptors (Lipinski definition) is 3. The van der Waals surface area contributed by atoms with Crippen LogP contribution >= 0.6 is 39.9 Å². The minimum atomic E-state index is 0. The Balaban J connectivity index is 0.00000182. The van der Waals surface area contributed by atoms with Crippen molar-refractivity contribution in [2.45, 2.75) is 51.0 Å². The number of rotatable bonds is 4. The van der Waals surface area contributed by atoms with E-state index < -0.39 is 0 Å². The zero-order valence-electron chi connectivity index (χ0n) is 14.1. The molecule has 2 aromatic heterocycles. The summed E-state index contributed by atoms with van der Waals surface area (Å²) in [7, 11) is 0. The number of guanidine groups is 1. The van der Waals surface area contributed by atoms with E-state index in [0.717, 1.165) is 41.2 Å². The highest BCUT2D eigenvalue weighted by molar-refractivity contribution is 14.0. The molecule has 0 aromatic carbocycles. The predicted octanol–water partition coefficient (Wildman–Crippen LogP) is 3.09. The number of hydrogen-bond donors (Lipinski definition) is 2. The van der Waals surface area contributed by atoms with Gasteiger partial charge >= 0.3 is 0 Å². The molecule has 2 bridgehead atoms. The van der Waals surface area contributed by atoms with Crippen LogP contribution in [0.4, 0.5) is 0 Å². The number of nitrogens with zero attached hydrogens (tertiary/aromatic N) is 3. The average Bonchev–Trinajstić information content (AvgIpc) is 3.27. The molecule has 4 heterocycles. The Kier molecular flexibility index (Phi) is 6.21. The van der Waals surface area contributed by atoms with Gasteiger partial charge in [-0.3, -0.25) is 0 Å². The number of pyridine rings is 1. The summed E-state index contributed by atoms with van der Waals surface area (Å²) >= 11 is 3.48. The Morgan fingerprint density at radius 3 is 3.00 bits per heavy atom. The Hall–Kier alpha value is -0.870. The van der Waals surface area contributed by atoms with E-state index in [1.165, 1.54) is 6.42 Å². The number of halogens is 2. The van der Waals surface area contributed by atoms with E-state index in [4.69, 9.17) is 9.73 Å². The minimum absolute atomic E-state index is 0. The van der Waals surface area contributed by atoms with Crippen molar-refractivity contribution in [2.75, 3.05) is 6.54 Å². The Bertz CT molecular complexity index is 765. The lowest BCUT2D eigenvalue weighted by Gasteiger charge is -2.22. The highest BCUT2D eigenvalue weighted by atomic mass is 127. The smallest absolute Gasteiger partial charge is 0.191 e. The zero-order valence-corrected chi connectivity index (χ0v) is 18.0. The van der Waals surface area contributed by atoms with E-state index in [-0.39, 0.29) is 24.0 Å². The van der Waals surface area contributed by atoms with Gasteiger partial charge in [0.25, 0.3) is 0 Å². The van der Waals surface area contributed by atoms with Crippen LogP contribution in [0.25, 0.3) is 5.65 Å². The van der Waals surface area contributed by atoms with Gasteiger partial charge < -0.3 is 19.8 Å². The van der Waals surface area contributed by atoms with Crippen LogP contribution in [-0.4, -0.2) is 40.1 Å². The van der Waals surface area contributed by atoms with Gasteiger partial charge in [0.05, 0.1) is 30.5 Å². The number of imidazole rings is 1. The SMILES string of the molecule is CCNC(=NCc1cn2cc(Br)ccc2n1)NC1CC2CCC1O2.I. The fourth-order valence-corrected chi connectivity index (χ4v) is 3.89. The maximum absolute atomic E-state index is 5.91. The molecule has 3 atom stereocenters. The monoisotopic (exact) mass is 519 g/mol. The van der Waals surface area contributed by atoms with Crippen LogP contribution in [0.15, 0.2) is 34.0 Å². The molecular weight excluding hydrogens is 497 g/mol. The molecule has 0 aliphatic carbocycles. The quantitative estimate of drug-likeness (QED) is 0.370. The fourth-order valence-electron chi connectivity index (χ4n) is 3.54. The molecule has 0 saturated carbocycles. The van der Waals surface area contributed by atoms with Crippen molar-refractivity contribution in [3.63, 3.8) is 0 Å². The lowest BCUT2D eigenvalue weighted by Crippen LogP contribution is -2.47. The highest BCUT2D eigenvalue weighted by Crippen LogP contribution is 2.34. The fraction of sp³-hybridized carbons (Fsp3) is 0.529. The standard InChI is InChI=1S/C17H22BrN5O.HI/c1-2-19-17(22-14-7-13-4-5-15(14)24-13)20-8-12-10-23-9-11(18)3-6-16(23)21-12;/h3,6,9-10,13-15H,2,4-5,7-8H2,1H3,(H2,19,20,22);1H. The summed E-state index contributed by atoms with van der Waals surface area (Å²) in [6.07, 6.45) is 8.24. The summed E-state index contributed by atoms with van der Waals surface area (Å²) in [6, 6.07) is 4.36. The van der Waals surface area contributed by atoms with E-state index >= 15 is 0 Å². The lowest BCUT2D eigenvalue weighted by atomic mass is 9.96. The van der Waals surface area contributed by atoms with Crippen LogP contribution < -0.4 is 10.6 Å². The van der Waals surface area contributed by atoms with E-state index in [2.05, 4.69) is 38.5 Å². The third kappa shape index (κ3) is 4.28. The molecule has 0 radical (unpaired) electrons. The van der Waals surface area contributed by atoms with Crippen molar-refractivity contribution in [1.82, 2.24) is 20.0 Å². The van der Waals surface area contributed by atoms with Crippen LogP contribution in [0.2, 0.25) is 0 Å². The number of aliphatic imine (C=N–C) groups is 1. The van der Waals surface area contributed by atoms with E-state index in [1.54, 1.807) is 0 Å². The van der Waals surface area contributed by atoms with Gasteiger partial charge in [-0.2, -0.15) is 0 Å². The third-order valence-corrected chi connectivity index (χ3v) is 5.11. The molecule has 2 aromatic rings. The molecule has 2 saturated heterocycles. The van der Waals surface area contributed by atoms with Crippen LogP contribution in [0, 0.1) is 0 Å². The largest absolute Gasteiger partial charge is 0.373 e. The van der Waals surface area contributed by atoms with Crippen LogP contribution in [-0.2, 0) is 11.3 Å². The van der Waals surface area contributed by atoms with Gasteiger partial charge in [0.2, 0.25) is 0 Å². The van der Waals surface area contributed by atoms with E-state index in [0.29, 0.717) is 24.8 Å². The molecule has 3 unspecified atom stereocenters. The van der Waals surface area contributed by atoms with E-state index in [1.807, 2.05) is 28.9 Å². The first-order valence-corrected chi connectivity index (χ1v) is 9.34. The summed E-state index contributed by atoms with van der Waals surface area (Å²) in [6.45, 7) is 3.47. The lowest BCUT2D eigenvalue weighted by molar-refractivity contribution is 0.0992. The predicted molar refractivity (Wildman–Crippen MR) is 113 cm³/mol. The van der Waals surface area contributed by atoms with Gasteiger partial charge in [-0.1, -0.05) is 0 Å². The number of fused-ring (bicyclic) bond motifs is 3. The molecule has 2 aliphatic rings. The van der Waals surface area contributed by atoms with Gasteiger partial charge in [-0.15, -0.1) is 24.0 Å². The Morgan fingerprint density at radius 2 is 2.28 bits per heavy atom. The summed E-state index contributed by atoms with van der Waals surface area (Å²) in [4.78, 5) is 9.31. The molecule has 8 heteroatoms. The summed E-state index contributed by atoms with van der Waals surface area (Å²) in [5.41, 5.74) is 1.89. The Labute approximate surface area is 173 Å². The second-order valence-electron chi connectivity index (χ2n) is 6.40. The molecule has 2 N–H and O–H groups in total. The molecule has 2 fully saturated rings. The second-order valence-corrected chi connectivity index (χ2v) is 7.32. The van der Waals surface area contributed by atoms with Crippen molar-refractivity contribution < 1.29 is 4.74 Å². The van der Waals surface area contributed by atoms with Crippen LogP contribution in [0.5, 0.6) is 0 Å². The van der Waals surface area contributed by atoms with Crippen molar-refractivity contribution in [1.29, 1.82) is 0 Å². The summed E-state index contributed by atoms with van der Waals surface area (Å²) < 4.78 is 8.96. The van der Waals surface area contributed by atoms with Gasteiger partial charge in [0.15, 0.2) is 5.96 Å². The van der Waals surface area contributed by atoms with Crippen molar-refractivity contribution in [3.05, 3.63) is 34.7 Å².